The summed E-state index contributed by atoms with van der Waals surface area (Å²) in [7, 11) is -4.07. The molecule has 24 heteroatoms. The number of ether oxygens (including phenoxy) is 2. The fourth-order valence-electron chi connectivity index (χ4n) is 5.38. The summed E-state index contributed by atoms with van der Waals surface area (Å²) in [5, 5.41) is 8.15. The van der Waals surface area contributed by atoms with E-state index in [2.05, 4.69) is 15.3 Å². The molecule has 2 aliphatic heterocycles. The Bertz CT molecular complexity index is 2210. The lowest BCUT2D eigenvalue weighted by atomic mass is 10.2. The maximum absolute atomic E-state index is 12.5. The molecule has 0 bridgehead atoms. The summed E-state index contributed by atoms with van der Waals surface area (Å²) in [6.45, 7) is 2.30. The number of methoxy groups -OCH3 is 2. The number of fused-ring (bicyclic) bond motifs is 2. The van der Waals surface area contributed by atoms with Gasteiger partial charge >= 0.3 is 6.18 Å². The smallest absolute Gasteiger partial charge is 0.397 e. The first-order valence-electron chi connectivity index (χ1n) is 15.4. The molecule has 0 aliphatic carbocycles. The van der Waals surface area contributed by atoms with E-state index in [0.29, 0.717) is 77.9 Å². The monoisotopic (exact) mass is 858 g/mol. The van der Waals surface area contributed by atoms with E-state index in [-0.39, 0.29) is 39.7 Å². The number of primary sulfonamides is 1. The summed E-state index contributed by atoms with van der Waals surface area (Å²) in [5.41, 5.74) is 6.84. The van der Waals surface area contributed by atoms with Gasteiger partial charge in [0.15, 0.2) is 17.3 Å². The Hall–Kier alpha value is -3.93. The van der Waals surface area contributed by atoms with Crippen LogP contribution >= 0.6 is 35.8 Å². The van der Waals surface area contributed by atoms with Gasteiger partial charge in [-0.25, -0.2) is 27.0 Å². The minimum atomic E-state index is -4.37. The molecular weight excluding hydrogens is 824 g/mol. The molecule has 1 saturated heterocycles. The molecule has 5 N–H and O–H groups in total. The van der Waals surface area contributed by atoms with Crippen molar-refractivity contribution < 1.29 is 48.7 Å². The predicted octanol–water partition coefficient (Wildman–Crippen LogP) is 3.86. The van der Waals surface area contributed by atoms with Crippen molar-refractivity contribution in [1.29, 1.82) is 0 Å². The number of benzene rings is 2. The number of anilines is 3. The van der Waals surface area contributed by atoms with E-state index in [1.807, 2.05) is 4.90 Å². The SMILES string of the molecule is CN1C(CSCC(F)(F)F)Nc2cc(Cl)c(S(N)(=O)=O)cc2S1(=O)=O.COc1cc2nc(N3CCN(C(=O)c4ccco4)CC3)nc(N)c2cc1OC.Cl. The number of halogens is 5. The second-order valence-corrected chi connectivity index (χ2v) is 16.5. The first kappa shape index (κ1) is 42.8. The zero-order valence-corrected chi connectivity index (χ0v) is 32.7. The van der Waals surface area contributed by atoms with Crippen LogP contribution in [-0.2, 0) is 20.0 Å². The van der Waals surface area contributed by atoms with E-state index in [9.17, 15) is 34.8 Å². The standard InChI is InChI=1S/C19H21N5O4.C11H13ClF3N3O4S3.ClH/c1-26-15-10-12-13(11-16(15)27-2)21-19(22-17(12)20)24-7-5-23(6-8-24)18(25)14-4-3-9-28-14;1-18-10(4-23-5-11(13,14)15)17-7-2-6(12)8(24(16,19)20)3-9(7)25(18,21)22;/h3-4,9-11H,5-8H2,1-2H3,(H2,20,21,22);2-3,10,17H,4-5H2,1H3,(H2,16,19,20);1H. The highest BCUT2D eigenvalue weighted by molar-refractivity contribution is 7.99. The number of hydrogen-bond donors (Lipinski definition) is 3. The minimum absolute atomic E-state index is 0. The molecule has 1 amide bonds. The molecule has 16 nitrogen and oxygen atoms in total. The molecule has 296 valence electrons. The van der Waals surface area contributed by atoms with Gasteiger partial charge in [-0.3, -0.25) is 4.79 Å². The van der Waals surface area contributed by atoms with Gasteiger partial charge in [0.1, 0.15) is 21.8 Å². The number of nitrogen functional groups attached to an aromatic ring is 1. The molecule has 1 unspecified atom stereocenters. The average molecular weight is 860 g/mol. The molecule has 0 radical (unpaired) electrons. The van der Waals surface area contributed by atoms with E-state index in [1.54, 1.807) is 43.4 Å². The van der Waals surface area contributed by atoms with Gasteiger partial charge in [0.25, 0.3) is 5.91 Å². The van der Waals surface area contributed by atoms with Crippen LogP contribution in [-0.4, -0.2) is 113 Å². The van der Waals surface area contributed by atoms with Crippen LogP contribution in [0.25, 0.3) is 10.9 Å². The normalized spacial score (nSPS) is 17.1. The van der Waals surface area contributed by atoms with Crippen molar-refractivity contribution in [2.45, 2.75) is 22.1 Å². The average Bonchev–Trinajstić information content (AvgIpc) is 3.64. The number of furan rings is 1. The maximum atomic E-state index is 12.5. The van der Waals surface area contributed by atoms with Crippen LogP contribution in [0.15, 0.2) is 56.9 Å². The lowest BCUT2D eigenvalue weighted by Gasteiger charge is -2.35. The van der Waals surface area contributed by atoms with Gasteiger partial charge in [0.2, 0.25) is 26.0 Å². The Morgan fingerprint density at radius 3 is 2.33 bits per heavy atom. The van der Waals surface area contributed by atoms with Crippen LogP contribution in [0.3, 0.4) is 0 Å². The highest BCUT2D eigenvalue weighted by atomic mass is 35.5. The molecule has 54 heavy (non-hydrogen) atoms. The first-order chi connectivity index (χ1) is 24.8. The van der Waals surface area contributed by atoms with Gasteiger partial charge in [-0.15, -0.1) is 24.2 Å². The number of hydrogen-bond acceptors (Lipinski definition) is 14. The number of thioether (sulfide) groups is 1. The Morgan fingerprint density at radius 1 is 1.11 bits per heavy atom. The van der Waals surface area contributed by atoms with Crippen molar-refractivity contribution in [2.75, 3.05) is 74.9 Å². The van der Waals surface area contributed by atoms with Crippen LogP contribution in [0, 0.1) is 0 Å². The molecule has 4 aromatic rings. The number of nitrogens with zero attached hydrogens (tertiary/aromatic N) is 5. The number of nitrogens with one attached hydrogen (secondary N) is 1. The van der Waals surface area contributed by atoms with Crippen LogP contribution in [0.4, 0.5) is 30.6 Å². The maximum Gasteiger partial charge on any atom is 0.397 e. The number of sulfonamides is 2. The molecular formula is C30H35Cl2F3N8O8S3. The fourth-order valence-corrected chi connectivity index (χ4v) is 8.96. The summed E-state index contributed by atoms with van der Waals surface area (Å²) < 4.78 is 101. The third-order valence-electron chi connectivity index (χ3n) is 8.10. The first-order valence-corrected chi connectivity index (χ1v) is 19.9. The molecule has 6 rings (SSSR count). The number of rotatable bonds is 8. The molecule has 0 spiro atoms. The van der Waals surface area contributed by atoms with Crippen LogP contribution in [0.2, 0.25) is 5.02 Å². The molecule has 2 aliphatic rings. The molecule has 2 aromatic heterocycles. The zero-order valence-electron chi connectivity index (χ0n) is 28.7. The quantitative estimate of drug-likeness (QED) is 0.230. The molecule has 4 heterocycles. The molecule has 1 atom stereocenters. The van der Waals surface area contributed by atoms with E-state index in [4.69, 9.17) is 36.4 Å². The van der Waals surface area contributed by atoms with Crippen molar-refractivity contribution in [3.05, 3.63) is 53.4 Å². The van der Waals surface area contributed by atoms with Crippen LogP contribution in [0.5, 0.6) is 11.5 Å². The Morgan fingerprint density at radius 2 is 1.76 bits per heavy atom. The predicted molar refractivity (Wildman–Crippen MR) is 200 cm³/mol. The van der Waals surface area contributed by atoms with Crippen molar-refractivity contribution in [1.82, 2.24) is 19.2 Å². The summed E-state index contributed by atoms with van der Waals surface area (Å²) in [6, 6.07) is 8.83. The molecule has 1 fully saturated rings. The molecule has 0 saturated carbocycles. The number of aromatic nitrogens is 2. The van der Waals surface area contributed by atoms with Crippen LogP contribution in [0.1, 0.15) is 10.6 Å². The minimum Gasteiger partial charge on any atom is -0.493 e. The fraction of sp³-hybridized carbons (Fsp3) is 0.367. The number of alkyl halides is 3. The topological polar surface area (TPSA) is 217 Å². The lowest BCUT2D eigenvalue weighted by Crippen LogP contribution is -2.49. The third-order valence-corrected chi connectivity index (χ3v) is 12.5. The largest absolute Gasteiger partial charge is 0.493 e. The number of carbonyl (C=O) groups is 1. The van der Waals surface area contributed by atoms with Gasteiger partial charge in [0, 0.05) is 50.4 Å². The third kappa shape index (κ3) is 9.47. The van der Waals surface area contributed by atoms with E-state index in [1.165, 1.54) is 13.3 Å². The van der Waals surface area contributed by atoms with Crippen molar-refractivity contribution in [3.63, 3.8) is 0 Å². The van der Waals surface area contributed by atoms with E-state index < -0.39 is 43.0 Å². The number of amides is 1. The van der Waals surface area contributed by atoms with E-state index >= 15 is 0 Å². The highest BCUT2D eigenvalue weighted by Gasteiger charge is 2.38. The van der Waals surface area contributed by atoms with Gasteiger partial charge in [0.05, 0.1) is 42.5 Å². The van der Waals surface area contributed by atoms with E-state index in [0.717, 1.165) is 16.4 Å². The Balaban J connectivity index is 0.000000238. The van der Waals surface area contributed by atoms with Crippen molar-refractivity contribution in [2.24, 2.45) is 5.14 Å². The van der Waals surface area contributed by atoms with Gasteiger partial charge in [-0.05, 0) is 30.3 Å². The van der Waals surface area contributed by atoms with Gasteiger partial charge in [-0.1, -0.05) is 11.6 Å². The van der Waals surface area contributed by atoms with Gasteiger partial charge < -0.3 is 34.7 Å². The number of nitrogens with two attached hydrogens (primary N) is 2. The lowest BCUT2D eigenvalue weighted by molar-refractivity contribution is -0.105. The molecule has 2 aromatic carbocycles. The summed E-state index contributed by atoms with van der Waals surface area (Å²) >= 11 is 6.34. The summed E-state index contributed by atoms with van der Waals surface area (Å²) in [4.78, 5) is 24.3. The Kier molecular flexibility index (Phi) is 13.3. The Labute approximate surface area is 323 Å². The number of carbonyl (C=O) groups excluding carboxylic acids is 1. The zero-order chi connectivity index (χ0) is 38.9. The van der Waals surface area contributed by atoms with Gasteiger partial charge in [-0.2, -0.15) is 22.5 Å². The second-order valence-electron chi connectivity index (χ2n) is 11.5. The van der Waals surface area contributed by atoms with Crippen LogP contribution < -0.4 is 30.6 Å². The summed E-state index contributed by atoms with van der Waals surface area (Å²) in [6.07, 6.45) is -3.83. The van der Waals surface area contributed by atoms with Crippen molar-refractivity contribution in [3.8, 4) is 11.5 Å². The number of piperazine rings is 1. The highest BCUT2D eigenvalue weighted by Crippen LogP contribution is 2.38. The summed E-state index contributed by atoms with van der Waals surface area (Å²) in [5.74, 6) is 0.981. The second kappa shape index (κ2) is 16.8. The van der Waals surface area contributed by atoms with Crippen molar-refractivity contribution >= 4 is 90.1 Å².